The molecular weight excluding hydrogens is 432 g/mol. The molecule has 1 heterocycles. The topological polar surface area (TPSA) is 41.6 Å². The van der Waals surface area contributed by atoms with E-state index < -0.39 is 0 Å². The van der Waals surface area contributed by atoms with Crippen LogP contribution in [0.5, 0.6) is 0 Å². The van der Waals surface area contributed by atoms with E-state index in [1.807, 2.05) is 0 Å². The van der Waals surface area contributed by atoms with Crippen LogP contribution in [0.15, 0.2) is 0 Å². The summed E-state index contributed by atoms with van der Waals surface area (Å²) in [4.78, 5) is 16.1. The van der Waals surface area contributed by atoms with Crippen LogP contribution in [0.4, 0.5) is 0 Å². The van der Waals surface area contributed by atoms with Crippen LogP contribution >= 0.6 is 0 Å². The van der Waals surface area contributed by atoms with Gasteiger partial charge in [0.15, 0.2) is 0 Å². The molecule has 3 aliphatic carbocycles. The summed E-state index contributed by atoms with van der Waals surface area (Å²) in [7, 11) is 0. The lowest BCUT2D eigenvalue weighted by Crippen LogP contribution is -2.65. The quantitative estimate of drug-likeness (QED) is 0.362. The highest BCUT2D eigenvalue weighted by molar-refractivity contribution is 5.69. The van der Waals surface area contributed by atoms with Gasteiger partial charge in [-0.2, -0.15) is 0 Å². The van der Waals surface area contributed by atoms with Gasteiger partial charge < -0.3 is 10.1 Å². The van der Waals surface area contributed by atoms with Crippen molar-refractivity contribution in [3.8, 4) is 0 Å². The first-order valence-corrected chi connectivity index (χ1v) is 15.5. The highest BCUT2D eigenvalue weighted by Gasteiger charge is 2.48. The van der Waals surface area contributed by atoms with Crippen molar-refractivity contribution >= 4 is 5.97 Å². The number of carbonyl (C=O) groups excluding carboxylic acids is 1. The van der Waals surface area contributed by atoms with E-state index >= 15 is 0 Å². The van der Waals surface area contributed by atoms with Gasteiger partial charge in [0.2, 0.25) is 0 Å². The number of esters is 1. The van der Waals surface area contributed by atoms with E-state index in [-0.39, 0.29) is 23.2 Å². The van der Waals surface area contributed by atoms with Crippen molar-refractivity contribution in [3.63, 3.8) is 0 Å². The molecule has 4 heteroatoms. The van der Waals surface area contributed by atoms with Crippen molar-refractivity contribution in [2.75, 3.05) is 6.54 Å². The minimum Gasteiger partial charge on any atom is -0.462 e. The highest BCUT2D eigenvalue weighted by atomic mass is 16.5. The lowest BCUT2D eigenvalue weighted by molar-refractivity contribution is -0.160. The third-order valence-corrected chi connectivity index (χ3v) is 10.0. The summed E-state index contributed by atoms with van der Waals surface area (Å²) in [6, 6.07) is 1.38. The molecule has 2 unspecified atom stereocenters. The van der Waals surface area contributed by atoms with E-state index in [9.17, 15) is 4.79 Å². The van der Waals surface area contributed by atoms with Crippen LogP contribution in [0.2, 0.25) is 0 Å². The zero-order chi connectivity index (χ0) is 24.9. The number of hydrogen-bond acceptors (Lipinski definition) is 4. The minimum absolute atomic E-state index is 0.00621. The number of ether oxygens (including phenoxy) is 1. The lowest BCUT2D eigenvalue weighted by atomic mass is 9.68. The second kappa shape index (κ2) is 12.3. The summed E-state index contributed by atoms with van der Waals surface area (Å²) in [5.74, 6) is 1.24. The Morgan fingerprint density at radius 2 is 1.31 bits per heavy atom. The molecule has 1 N–H and O–H groups in total. The predicted octanol–water partition coefficient (Wildman–Crippen LogP) is 7.39. The Morgan fingerprint density at radius 1 is 0.800 bits per heavy atom. The van der Waals surface area contributed by atoms with Gasteiger partial charge >= 0.3 is 5.97 Å². The molecule has 2 atom stereocenters. The van der Waals surface area contributed by atoms with E-state index in [0.717, 1.165) is 18.9 Å². The molecule has 1 aliphatic heterocycles. The van der Waals surface area contributed by atoms with Gasteiger partial charge in [0.25, 0.3) is 0 Å². The van der Waals surface area contributed by atoms with E-state index in [1.165, 1.54) is 103 Å². The molecule has 4 fully saturated rings. The van der Waals surface area contributed by atoms with Crippen LogP contribution in [-0.2, 0) is 9.53 Å². The summed E-state index contributed by atoms with van der Waals surface area (Å²) in [5, 5.41) is 3.91. The fourth-order valence-corrected chi connectivity index (χ4v) is 8.41. The summed E-state index contributed by atoms with van der Waals surface area (Å²) < 4.78 is 6.44. The van der Waals surface area contributed by atoms with Crippen LogP contribution < -0.4 is 5.32 Å². The first kappa shape index (κ1) is 27.4. The Labute approximate surface area is 216 Å². The maximum absolute atomic E-state index is 13.4. The number of carbonyl (C=O) groups is 1. The summed E-state index contributed by atoms with van der Waals surface area (Å²) in [6.07, 6.45) is 23.1. The van der Waals surface area contributed by atoms with Gasteiger partial charge in [-0.1, -0.05) is 70.6 Å². The average Bonchev–Trinajstić information content (AvgIpc) is 2.83. The molecule has 4 nitrogen and oxygen atoms in total. The lowest BCUT2D eigenvalue weighted by Gasteiger charge is -2.52. The fourth-order valence-electron chi connectivity index (χ4n) is 8.41. The van der Waals surface area contributed by atoms with Crippen LogP contribution in [0.1, 0.15) is 143 Å². The van der Waals surface area contributed by atoms with Gasteiger partial charge in [0.05, 0.1) is 6.42 Å². The Morgan fingerprint density at radius 3 is 1.86 bits per heavy atom. The Kier molecular flexibility index (Phi) is 9.63. The summed E-state index contributed by atoms with van der Waals surface area (Å²) in [5.41, 5.74) is -0.0197. The van der Waals surface area contributed by atoms with Crippen molar-refractivity contribution in [2.45, 2.75) is 173 Å². The van der Waals surface area contributed by atoms with Crippen molar-refractivity contribution in [1.82, 2.24) is 10.2 Å². The maximum atomic E-state index is 13.4. The number of nitrogens with zero attached hydrogens (tertiary/aromatic N) is 1. The molecular formula is C31H56N2O2. The molecule has 0 aromatic carbocycles. The molecule has 202 valence electrons. The molecule has 1 saturated heterocycles. The molecule has 35 heavy (non-hydrogen) atoms. The van der Waals surface area contributed by atoms with E-state index in [2.05, 4.69) is 37.9 Å². The first-order valence-electron chi connectivity index (χ1n) is 15.5. The van der Waals surface area contributed by atoms with Crippen molar-refractivity contribution < 1.29 is 9.53 Å². The molecule has 0 spiro atoms. The van der Waals surface area contributed by atoms with Gasteiger partial charge in [0, 0.05) is 42.0 Å². The second-order valence-electron chi connectivity index (χ2n) is 13.9. The molecule has 3 saturated carbocycles. The first-order chi connectivity index (χ1) is 16.7. The second-order valence-corrected chi connectivity index (χ2v) is 13.9. The van der Waals surface area contributed by atoms with Gasteiger partial charge in [0.1, 0.15) is 6.10 Å². The SMILES string of the molecule is CC1(C)CC(OC(=O)CCN(C2CCCCC2)C2CCCCC2)C(CC2CCCCC2)C(C)(C)N1. The number of piperidine rings is 1. The largest absolute Gasteiger partial charge is 0.462 e. The van der Waals surface area contributed by atoms with E-state index in [4.69, 9.17) is 4.74 Å². The van der Waals surface area contributed by atoms with Crippen molar-refractivity contribution in [2.24, 2.45) is 11.8 Å². The maximum Gasteiger partial charge on any atom is 0.307 e. The molecule has 0 aromatic heterocycles. The van der Waals surface area contributed by atoms with Crippen LogP contribution in [0, 0.1) is 11.8 Å². The predicted molar refractivity (Wildman–Crippen MR) is 146 cm³/mol. The van der Waals surface area contributed by atoms with Gasteiger partial charge in [-0.05, 0) is 65.7 Å². The van der Waals surface area contributed by atoms with Crippen molar-refractivity contribution in [3.05, 3.63) is 0 Å². The van der Waals surface area contributed by atoms with Crippen LogP contribution in [-0.4, -0.2) is 46.7 Å². The van der Waals surface area contributed by atoms with E-state index in [1.54, 1.807) is 0 Å². The summed E-state index contributed by atoms with van der Waals surface area (Å²) in [6.45, 7) is 10.1. The third-order valence-electron chi connectivity index (χ3n) is 10.0. The molecule has 4 aliphatic rings. The van der Waals surface area contributed by atoms with E-state index in [0.29, 0.717) is 24.4 Å². The molecule has 0 amide bonds. The average molecular weight is 489 g/mol. The standard InChI is InChI=1S/C31H56N2O2/c1-30(2)23-28(27(31(3,4)32-30)22-24-14-8-5-9-15-24)35-29(34)20-21-33(25-16-10-6-11-17-25)26-18-12-7-13-19-26/h24-28,32H,5-23H2,1-4H3. The zero-order valence-corrected chi connectivity index (χ0v) is 23.6. The summed E-state index contributed by atoms with van der Waals surface area (Å²) >= 11 is 0. The zero-order valence-electron chi connectivity index (χ0n) is 23.6. The number of rotatable bonds is 8. The third kappa shape index (κ3) is 7.69. The highest BCUT2D eigenvalue weighted by Crippen LogP contribution is 2.42. The van der Waals surface area contributed by atoms with Crippen molar-refractivity contribution in [1.29, 1.82) is 0 Å². The Balaban J connectivity index is 1.39. The van der Waals surface area contributed by atoms with Crippen LogP contribution in [0.25, 0.3) is 0 Å². The normalized spacial score (nSPS) is 30.9. The monoisotopic (exact) mass is 488 g/mol. The van der Waals surface area contributed by atoms with Gasteiger partial charge in [-0.15, -0.1) is 0 Å². The molecule has 0 radical (unpaired) electrons. The Hall–Kier alpha value is -0.610. The van der Waals surface area contributed by atoms with Gasteiger partial charge in [-0.3, -0.25) is 9.69 Å². The Bertz CT molecular complexity index is 639. The number of nitrogens with one attached hydrogen (secondary N) is 1. The molecule has 0 bridgehead atoms. The van der Waals surface area contributed by atoms with Crippen LogP contribution in [0.3, 0.4) is 0 Å². The smallest absolute Gasteiger partial charge is 0.307 e. The molecule has 0 aromatic rings. The minimum atomic E-state index is -0.0135. The van der Waals surface area contributed by atoms with Gasteiger partial charge in [-0.25, -0.2) is 0 Å². The number of hydrogen-bond donors (Lipinski definition) is 1. The fraction of sp³-hybridized carbons (Fsp3) is 0.968. The molecule has 4 rings (SSSR count).